The zero-order chi connectivity index (χ0) is 17.2. The van der Waals surface area contributed by atoms with Crippen LogP contribution in [-0.4, -0.2) is 43.8 Å². The van der Waals surface area contributed by atoms with Crippen LogP contribution in [0, 0.1) is 5.82 Å². The highest BCUT2D eigenvalue weighted by Gasteiger charge is 2.30. The van der Waals surface area contributed by atoms with E-state index in [1.54, 1.807) is 42.5 Å². The third-order valence-corrected chi connectivity index (χ3v) is 6.47. The van der Waals surface area contributed by atoms with Crippen molar-refractivity contribution in [1.82, 2.24) is 9.21 Å². The molecule has 0 spiro atoms. The van der Waals surface area contributed by atoms with Crippen LogP contribution < -0.4 is 0 Å². The van der Waals surface area contributed by atoms with Gasteiger partial charge in [0, 0.05) is 32.2 Å². The first-order valence-corrected chi connectivity index (χ1v) is 9.47. The molecule has 1 aliphatic heterocycles. The fourth-order valence-corrected chi connectivity index (χ4v) is 4.47. The van der Waals surface area contributed by atoms with Crippen molar-refractivity contribution in [3.8, 4) is 0 Å². The maximum atomic E-state index is 13.0. The molecule has 3 rings (SSSR count). The molecule has 2 aromatic carbocycles. The SMILES string of the molecule is C[C@@H](c1ccc(F)cc1)N1CCN(S(=O)(=O)c2ccccc2)CC1. The summed E-state index contributed by atoms with van der Waals surface area (Å²) in [7, 11) is -3.42. The van der Waals surface area contributed by atoms with Gasteiger partial charge in [-0.25, -0.2) is 12.8 Å². The van der Waals surface area contributed by atoms with Crippen molar-refractivity contribution in [2.45, 2.75) is 17.9 Å². The highest BCUT2D eigenvalue weighted by molar-refractivity contribution is 7.89. The molecule has 24 heavy (non-hydrogen) atoms. The van der Waals surface area contributed by atoms with Gasteiger partial charge in [-0.3, -0.25) is 4.90 Å². The lowest BCUT2D eigenvalue weighted by atomic mass is 10.1. The molecule has 128 valence electrons. The number of halogens is 1. The van der Waals surface area contributed by atoms with Crippen molar-refractivity contribution < 1.29 is 12.8 Å². The third-order valence-electron chi connectivity index (χ3n) is 4.55. The minimum absolute atomic E-state index is 0.132. The second-order valence-electron chi connectivity index (χ2n) is 5.98. The van der Waals surface area contributed by atoms with Gasteiger partial charge in [-0.2, -0.15) is 4.31 Å². The van der Waals surface area contributed by atoms with Crippen LogP contribution in [0.15, 0.2) is 59.5 Å². The lowest BCUT2D eigenvalue weighted by Crippen LogP contribution is -2.49. The van der Waals surface area contributed by atoms with Crippen LogP contribution in [0.3, 0.4) is 0 Å². The number of benzene rings is 2. The fourth-order valence-electron chi connectivity index (χ4n) is 3.02. The van der Waals surface area contributed by atoms with E-state index in [0.717, 1.165) is 5.56 Å². The van der Waals surface area contributed by atoms with Crippen molar-refractivity contribution in [2.24, 2.45) is 0 Å². The van der Waals surface area contributed by atoms with E-state index in [1.165, 1.54) is 16.4 Å². The molecule has 0 amide bonds. The van der Waals surface area contributed by atoms with Crippen LogP contribution in [0.2, 0.25) is 0 Å². The molecule has 0 aliphatic carbocycles. The topological polar surface area (TPSA) is 40.6 Å². The first-order chi connectivity index (χ1) is 11.5. The Morgan fingerprint density at radius 2 is 1.50 bits per heavy atom. The lowest BCUT2D eigenvalue weighted by molar-refractivity contribution is 0.146. The summed E-state index contributed by atoms with van der Waals surface area (Å²) in [5.74, 6) is -0.246. The summed E-state index contributed by atoms with van der Waals surface area (Å²) < 4.78 is 39.9. The van der Waals surface area contributed by atoms with Crippen molar-refractivity contribution in [1.29, 1.82) is 0 Å². The van der Waals surface area contributed by atoms with Gasteiger partial charge in [-0.15, -0.1) is 0 Å². The largest absolute Gasteiger partial charge is 0.294 e. The van der Waals surface area contributed by atoms with Gasteiger partial charge in [0.1, 0.15) is 5.82 Å². The summed E-state index contributed by atoms with van der Waals surface area (Å²) >= 11 is 0. The van der Waals surface area contributed by atoms with Gasteiger partial charge in [-0.05, 0) is 36.8 Å². The van der Waals surface area contributed by atoms with Crippen LogP contribution >= 0.6 is 0 Å². The quantitative estimate of drug-likeness (QED) is 0.853. The second kappa shape index (κ2) is 7.01. The van der Waals surface area contributed by atoms with E-state index in [9.17, 15) is 12.8 Å². The summed E-state index contributed by atoms with van der Waals surface area (Å²) in [6, 6.07) is 15.2. The molecule has 1 heterocycles. The maximum absolute atomic E-state index is 13.0. The molecule has 1 fully saturated rings. The molecule has 0 N–H and O–H groups in total. The Hall–Kier alpha value is -1.76. The predicted molar refractivity (Wildman–Crippen MR) is 91.6 cm³/mol. The van der Waals surface area contributed by atoms with Gasteiger partial charge in [0.25, 0.3) is 0 Å². The molecule has 1 saturated heterocycles. The molecular weight excluding hydrogens is 327 g/mol. The lowest BCUT2D eigenvalue weighted by Gasteiger charge is -2.37. The highest BCUT2D eigenvalue weighted by Crippen LogP contribution is 2.24. The fraction of sp³-hybridized carbons (Fsp3) is 0.333. The van der Waals surface area contributed by atoms with Crippen LogP contribution in [0.5, 0.6) is 0 Å². The molecule has 0 bridgehead atoms. The summed E-state index contributed by atoms with van der Waals surface area (Å²) in [5.41, 5.74) is 1.04. The molecule has 0 unspecified atom stereocenters. The van der Waals surface area contributed by atoms with E-state index in [2.05, 4.69) is 11.8 Å². The molecular formula is C18H21FN2O2S. The van der Waals surface area contributed by atoms with Gasteiger partial charge in [0.15, 0.2) is 0 Å². The Morgan fingerprint density at radius 3 is 2.08 bits per heavy atom. The van der Waals surface area contributed by atoms with E-state index >= 15 is 0 Å². The number of hydrogen-bond donors (Lipinski definition) is 0. The minimum atomic E-state index is -3.42. The normalized spacial score (nSPS) is 18.4. The molecule has 6 heteroatoms. The molecule has 2 aromatic rings. The number of hydrogen-bond acceptors (Lipinski definition) is 3. The molecule has 0 radical (unpaired) electrons. The minimum Gasteiger partial charge on any atom is -0.294 e. The molecule has 4 nitrogen and oxygen atoms in total. The van der Waals surface area contributed by atoms with Gasteiger partial charge in [0.2, 0.25) is 10.0 Å². The molecule has 1 atom stereocenters. The van der Waals surface area contributed by atoms with Gasteiger partial charge in [0.05, 0.1) is 4.90 Å². The summed E-state index contributed by atoms with van der Waals surface area (Å²) in [4.78, 5) is 2.56. The predicted octanol–water partition coefficient (Wildman–Crippen LogP) is 2.89. The summed E-state index contributed by atoms with van der Waals surface area (Å²) in [6.07, 6.45) is 0. The van der Waals surface area contributed by atoms with E-state index in [-0.39, 0.29) is 11.9 Å². The standard InChI is InChI=1S/C18H21FN2O2S/c1-15(16-7-9-17(19)10-8-16)20-11-13-21(14-12-20)24(22,23)18-5-3-2-4-6-18/h2-10,15H,11-14H2,1H3/t15-/m0/s1. The summed E-state index contributed by atoms with van der Waals surface area (Å²) in [5, 5.41) is 0. The van der Waals surface area contributed by atoms with E-state index < -0.39 is 10.0 Å². The second-order valence-corrected chi connectivity index (χ2v) is 7.92. The molecule has 0 aromatic heterocycles. The van der Waals surface area contributed by atoms with Crippen molar-refractivity contribution in [3.05, 3.63) is 66.0 Å². The Balaban J connectivity index is 1.66. The van der Waals surface area contributed by atoms with Gasteiger partial charge < -0.3 is 0 Å². The Bertz CT molecular complexity index is 770. The smallest absolute Gasteiger partial charge is 0.243 e. The van der Waals surface area contributed by atoms with Crippen LogP contribution in [0.4, 0.5) is 4.39 Å². The van der Waals surface area contributed by atoms with Crippen LogP contribution in [0.1, 0.15) is 18.5 Å². The summed E-state index contributed by atoms with van der Waals surface area (Å²) in [6.45, 7) is 4.30. The number of nitrogens with zero attached hydrogens (tertiary/aromatic N) is 2. The molecule has 0 saturated carbocycles. The van der Waals surface area contributed by atoms with Gasteiger partial charge >= 0.3 is 0 Å². The van der Waals surface area contributed by atoms with Crippen molar-refractivity contribution >= 4 is 10.0 Å². The third kappa shape index (κ3) is 3.50. The average Bonchev–Trinajstić information content (AvgIpc) is 2.62. The monoisotopic (exact) mass is 348 g/mol. The first kappa shape index (κ1) is 17.1. The Labute approximate surface area is 142 Å². The zero-order valence-electron chi connectivity index (χ0n) is 13.6. The van der Waals surface area contributed by atoms with E-state index in [1.807, 2.05) is 0 Å². The van der Waals surface area contributed by atoms with Crippen molar-refractivity contribution in [2.75, 3.05) is 26.2 Å². The average molecular weight is 348 g/mol. The Kier molecular flexibility index (Phi) is 4.99. The maximum Gasteiger partial charge on any atom is 0.243 e. The zero-order valence-corrected chi connectivity index (χ0v) is 14.4. The van der Waals surface area contributed by atoms with E-state index in [0.29, 0.717) is 31.1 Å². The molecule has 1 aliphatic rings. The first-order valence-electron chi connectivity index (χ1n) is 8.03. The van der Waals surface area contributed by atoms with Crippen molar-refractivity contribution in [3.63, 3.8) is 0 Å². The van der Waals surface area contributed by atoms with Crippen LogP contribution in [0.25, 0.3) is 0 Å². The van der Waals surface area contributed by atoms with E-state index in [4.69, 9.17) is 0 Å². The Morgan fingerprint density at radius 1 is 0.917 bits per heavy atom. The highest BCUT2D eigenvalue weighted by atomic mass is 32.2. The number of sulfonamides is 1. The van der Waals surface area contributed by atoms with Gasteiger partial charge in [-0.1, -0.05) is 30.3 Å². The van der Waals surface area contributed by atoms with Crippen LogP contribution in [-0.2, 0) is 10.0 Å². The number of rotatable bonds is 4. The number of piperazine rings is 1.